The van der Waals surface area contributed by atoms with Gasteiger partial charge >= 0.3 is 19.5 Å². The molecular formula is C74H104O6P2Ru+2. The van der Waals surface area contributed by atoms with E-state index in [1.54, 1.807) is 0 Å². The number of ether oxygens (including phenoxy) is 2. The van der Waals surface area contributed by atoms with Crippen LogP contribution in [-0.4, -0.2) is 26.2 Å². The van der Waals surface area contributed by atoms with Gasteiger partial charge in [-0.3, -0.25) is 0 Å². The van der Waals surface area contributed by atoms with E-state index in [0.717, 1.165) is 36.5 Å². The number of carbonyl (C=O) groups is 2. The number of carboxylic acid groups (broad SMARTS) is 2. The Bertz CT molecular complexity index is 2720. The monoisotopic (exact) mass is 1250 g/mol. The van der Waals surface area contributed by atoms with Crippen molar-refractivity contribution in [3.8, 4) is 22.6 Å². The summed E-state index contributed by atoms with van der Waals surface area (Å²) in [6, 6.07) is 44.1. The molecule has 83 heavy (non-hydrogen) atoms. The zero-order valence-corrected chi connectivity index (χ0v) is 59.9. The molecule has 0 radical (unpaired) electrons. The fourth-order valence-corrected chi connectivity index (χ4v) is 15.7. The second-order valence-electron chi connectivity index (χ2n) is 30.7. The molecule has 0 saturated heterocycles. The first-order valence-corrected chi connectivity index (χ1v) is 32.2. The smallest absolute Gasteiger partial charge is 0.550 e. The van der Waals surface area contributed by atoms with Gasteiger partial charge in [0.25, 0.3) is 0 Å². The fourth-order valence-electron chi connectivity index (χ4n) is 9.84. The molecule has 0 aromatic heterocycles. The third-order valence-corrected chi connectivity index (χ3v) is 20.5. The van der Waals surface area contributed by atoms with Crippen LogP contribution in [0.25, 0.3) is 11.1 Å². The molecule has 0 fully saturated rings. The number of hydrogen-bond acceptors (Lipinski definition) is 6. The summed E-state index contributed by atoms with van der Waals surface area (Å²) in [4.78, 5) is 17.8. The molecule has 452 valence electrons. The Morgan fingerprint density at radius 3 is 0.614 bits per heavy atom. The standard InChI is InChI=1S/C70H96O2P2.2C2H4O2.Ru/c1-63(2,3)45-33-46(64(4,5)6)38-53(37-45)73(54-39-47(65(7,8)9)34-48(40-54)66(10,11)12)59-31-27-29-57(71-25)61(59)62-58(72-26)30-28-32-60(62)74(55-41-49(67(13,14)15)35-50(42-55)68(16,17)18)56-43-51(69(19,20)21)36-52(44-56)70(22,23)24;2*1-2(3)4;/h27-44H,1-26H3;2*1H3,(H,3,4);/q;;;+2. The molecule has 0 unspecified atom stereocenters. The van der Waals surface area contributed by atoms with E-state index >= 15 is 0 Å². The number of methoxy groups -OCH3 is 2. The van der Waals surface area contributed by atoms with Gasteiger partial charge in [-0.05, 0) is 174 Å². The predicted molar refractivity (Wildman–Crippen MR) is 356 cm³/mol. The minimum Gasteiger partial charge on any atom is -0.550 e. The molecule has 6 aromatic rings. The van der Waals surface area contributed by atoms with Gasteiger partial charge in [0.15, 0.2) is 0 Å². The third-order valence-electron chi connectivity index (χ3n) is 15.1. The van der Waals surface area contributed by atoms with Crippen LogP contribution in [0, 0.1) is 0 Å². The quantitative estimate of drug-likeness (QED) is 0.106. The van der Waals surface area contributed by atoms with Gasteiger partial charge in [0.2, 0.25) is 0 Å². The zero-order chi connectivity index (χ0) is 62.8. The van der Waals surface area contributed by atoms with E-state index in [-0.39, 0.29) is 62.8 Å². The molecule has 0 aliphatic heterocycles. The number of carboxylic acids is 2. The summed E-state index contributed by atoms with van der Waals surface area (Å²) in [6.07, 6.45) is 0. The Hall–Kier alpha value is -4.66. The topological polar surface area (TPSA) is 98.7 Å². The Kier molecular flexibility index (Phi) is 23.6. The molecule has 9 heteroatoms. The molecule has 0 aliphatic rings. The van der Waals surface area contributed by atoms with Crippen molar-refractivity contribution < 1.29 is 48.8 Å². The maximum atomic E-state index is 8.89. The van der Waals surface area contributed by atoms with Gasteiger partial charge in [-0.2, -0.15) is 0 Å². The normalized spacial score (nSPS) is 12.7. The first-order chi connectivity index (χ1) is 37.1. The molecule has 0 saturated carbocycles. The fraction of sp³-hybridized carbons (Fsp3) is 0.486. The van der Waals surface area contributed by atoms with Crippen molar-refractivity contribution in [2.24, 2.45) is 0 Å². The van der Waals surface area contributed by atoms with Crippen LogP contribution in [0.2, 0.25) is 0 Å². The number of benzene rings is 6. The summed E-state index contributed by atoms with van der Waals surface area (Å²) < 4.78 is 13.5. The molecule has 0 aliphatic carbocycles. The Labute approximate surface area is 519 Å². The second kappa shape index (κ2) is 26.9. The van der Waals surface area contributed by atoms with E-state index < -0.39 is 27.8 Å². The number of aliphatic carboxylic acids is 2. The van der Waals surface area contributed by atoms with Crippen LogP contribution in [-0.2, 0) is 72.4 Å². The van der Waals surface area contributed by atoms with Crippen LogP contribution in [0.3, 0.4) is 0 Å². The third kappa shape index (κ3) is 19.2. The summed E-state index contributed by atoms with van der Waals surface area (Å²) >= 11 is 0. The van der Waals surface area contributed by atoms with Gasteiger partial charge < -0.3 is 29.3 Å². The molecular weight excluding hydrogens is 1150 g/mol. The van der Waals surface area contributed by atoms with E-state index in [9.17, 15) is 0 Å². The molecule has 6 aromatic carbocycles. The maximum Gasteiger partial charge on any atom is 2.00 e. The number of hydrogen-bond donors (Lipinski definition) is 0. The largest absolute Gasteiger partial charge is 2.00 e. The summed E-state index contributed by atoms with van der Waals surface area (Å²) in [5, 5.41) is 25.9. The molecule has 0 amide bonds. The number of rotatable bonds is 9. The van der Waals surface area contributed by atoms with Crippen LogP contribution in [0.15, 0.2) is 109 Å². The Morgan fingerprint density at radius 2 is 0.482 bits per heavy atom. The minimum atomic E-state index is -1.83. The van der Waals surface area contributed by atoms with E-state index in [4.69, 9.17) is 29.3 Å². The van der Waals surface area contributed by atoms with Gasteiger partial charge in [0.05, 0.1) is 41.2 Å². The van der Waals surface area contributed by atoms with Crippen molar-refractivity contribution in [1.29, 1.82) is 0 Å². The van der Waals surface area contributed by atoms with Crippen molar-refractivity contribution in [2.45, 2.75) is 223 Å². The van der Waals surface area contributed by atoms with Crippen LogP contribution in [0.4, 0.5) is 0 Å². The molecule has 0 atom stereocenters. The molecule has 0 heterocycles. The molecule has 0 N–H and O–H groups in total. The van der Waals surface area contributed by atoms with E-state index in [2.05, 4.69) is 275 Å². The van der Waals surface area contributed by atoms with Crippen molar-refractivity contribution in [1.82, 2.24) is 0 Å². The van der Waals surface area contributed by atoms with Gasteiger partial charge in [0.1, 0.15) is 43.3 Å². The Balaban J connectivity index is 0.00000188. The van der Waals surface area contributed by atoms with Crippen LogP contribution >= 0.6 is 15.8 Å². The van der Waals surface area contributed by atoms with Crippen molar-refractivity contribution >= 4 is 59.6 Å². The molecule has 0 bridgehead atoms. The second-order valence-corrected chi connectivity index (χ2v) is 35.6. The summed E-state index contributed by atoms with van der Waals surface area (Å²) in [7, 11) is 0.0470. The first-order valence-electron chi connectivity index (χ1n) is 29.2. The Morgan fingerprint density at radius 1 is 0.325 bits per heavy atom. The van der Waals surface area contributed by atoms with Gasteiger partial charge in [0, 0.05) is 11.9 Å². The van der Waals surface area contributed by atoms with Crippen LogP contribution in [0.5, 0.6) is 11.5 Å². The van der Waals surface area contributed by atoms with Crippen molar-refractivity contribution in [3.05, 3.63) is 154 Å². The molecule has 6 nitrogen and oxygen atoms in total. The predicted octanol–water partition coefficient (Wildman–Crippen LogP) is 14.2. The van der Waals surface area contributed by atoms with Crippen molar-refractivity contribution in [2.75, 3.05) is 14.2 Å². The van der Waals surface area contributed by atoms with Crippen molar-refractivity contribution in [3.63, 3.8) is 0 Å². The summed E-state index contributed by atoms with van der Waals surface area (Å²) in [5.41, 5.74) is 12.6. The van der Waals surface area contributed by atoms with E-state index in [1.807, 2.05) is 14.2 Å². The first kappa shape index (κ1) is 72.6. The molecule has 0 spiro atoms. The van der Waals surface area contributed by atoms with E-state index in [0.29, 0.717) is 0 Å². The van der Waals surface area contributed by atoms with Gasteiger partial charge in [-0.25, -0.2) is 0 Å². The van der Waals surface area contributed by atoms with Crippen LogP contribution in [0.1, 0.15) is 225 Å². The maximum absolute atomic E-state index is 8.89. The number of carbonyl (C=O) groups excluding carboxylic acids is 2. The average molecular weight is 1250 g/mol. The van der Waals surface area contributed by atoms with Gasteiger partial charge in [-0.15, -0.1) is 0 Å². The van der Waals surface area contributed by atoms with Gasteiger partial charge in [-0.1, -0.05) is 203 Å². The molecule has 6 rings (SSSR count). The zero-order valence-electron chi connectivity index (χ0n) is 56.2. The SMILES string of the molecule is CC(=O)[O-].CC(=O)[O-].COc1cccc([PH+](c2cc(C(C)(C)C)cc(C(C)(C)C)c2)c2cc(C(C)(C)C)cc(C(C)(C)C)c2)c1-c1c(OC)cccc1[PH+](c1cc(C(C)(C)C)cc(C(C)(C)C)c1)c1cc(C(C)(C)C)cc(C(C)(C)C)c1.[Ru+2]. The minimum absolute atomic E-state index is 0. The van der Waals surface area contributed by atoms with Crippen LogP contribution < -0.4 is 51.5 Å². The summed E-state index contributed by atoms with van der Waals surface area (Å²) in [6.45, 7) is 58.7. The van der Waals surface area contributed by atoms with E-state index in [1.165, 1.54) is 76.3 Å². The average Bonchev–Trinajstić information content (AvgIpc) is 3.51. The summed E-state index contributed by atoms with van der Waals surface area (Å²) in [5.74, 6) is -0.443.